The van der Waals surface area contributed by atoms with E-state index in [4.69, 9.17) is 6.42 Å². The molecular formula is C25H19F4N3O3S2. The molecule has 6 nitrogen and oxygen atoms in total. The molecule has 3 rings (SSSR count). The van der Waals surface area contributed by atoms with Gasteiger partial charge in [-0.3, -0.25) is 9.52 Å². The molecule has 37 heavy (non-hydrogen) atoms. The molecule has 0 aliphatic heterocycles. The highest BCUT2D eigenvalue weighted by Gasteiger charge is 2.33. The molecule has 0 aliphatic rings. The number of carbonyl (C=O) groups is 1. The smallest absolute Gasteiger partial charge is 0.348 e. The van der Waals surface area contributed by atoms with Crippen molar-refractivity contribution in [1.29, 1.82) is 0 Å². The number of anilines is 1. The molecule has 0 saturated carbocycles. The highest BCUT2D eigenvalue weighted by atomic mass is 32.2. The van der Waals surface area contributed by atoms with E-state index in [0.29, 0.717) is 4.90 Å². The second-order valence-electron chi connectivity index (χ2n) is 7.57. The number of terminal acetylenes is 1. The molecule has 12 heteroatoms. The lowest BCUT2D eigenvalue weighted by atomic mass is 10.1. The number of nitrogens with zero attached hydrogens (tertiary/aromatic N) is 1. The lowest BCUT2D eigenvalue weighted by Gasteiger charge is -2.11. The van der Waals surface area contributed by atoms with Gasteiger partial charge in [0.15, 0.2) is 0 Å². The van der Waals surface area contributed by atoms with E-state index in [0.717, 1.165) is 36.2 Å². The van der Waals surface area contributed by atoms with Crippen molar-refractivity contribution in [3.63, 3.8) is 0 Å². The van der Waals surface area contributed by atoms with Crippen LogP contribution in [0.4, 0.5) is 23.2 Å². The first-order chi connectivity index (χ1) is 17.4. The zero-order chi connectivity index (χ0) is 27.2. The summed E-state index contributed by atoms with van der Waals surface area (Å²) >= 11 is 1.01. The molecule has 1 heterocycles. The Balaban J connectivity index is 1.77. The minimum Gasteiger partial charge on any atom is -0.348 e. The van der Waals surface area contributed by atoms with E-state index in [9.17, 15) is 30.8 Å². The van der Waals surface area contributed by atoms with Crippen molar-refractivity contribution in [2.24, 2.45) is 0 Å². The third-order valence-electron chi connectivity index (χ3n) is 4.61. The molecule has 1 amide bonds. The number of hydrogen-bond acceptors (Lipinski definition) is 5. The van der Waals surface area contributed by atoms with Gasteiger partial charge in [-0.15, -0.1) is 6.42 Å². The lowest BCUT2D eigenvalue weighted by Crippen LogP contribution is -2.20. The molecule has 0 spiro atoms. The predicted octanol–water partition coefficient (Wildman–Crippen LogP) is 5.07. The van der Waals surface area contributed by atoms with Crippen LogP contribution >= 0.6 is 11.8 Å². The molecule has 2 N–H and O–H groups in total. The van der Waals surface area contributed by atoms with Crippen LogP contribution in [0, 0.1) is 18.2 Å². The first-order valence-corrected chi connectivity index (χ1v) is 13.1. The van der Waals surface area contributed by atoms with Gasteiger partial charge in [0.05, 0.1) is 17.5 Å². The van der Waals surface area contributed by atoms with Crippen molar-refractivity contribution >= 4 is 39.5 Å². The molecule has 1 aromatic heterocycles. The van der Waals surface area contributed by atoms with Gasteiger partial charge in [-0.25, -0.2) is 17.8 Å². The maximum absolute atomic E-state index is 14.4. The maximum atomic E-state index is 14.4. The normalized spacial score (nSPS) is 11.8. The van der Waals surface area contributed by atoms with Gasteiger partial charge in [0.1, 0.15) is 16.5 Å². The first kappa shape index (κ1) is 27.8. The van der Waals surface area contributed by atoms with E-state index in [1.807, 2.05) is 4.72 Å². The Morgan fingerprint density at radius 1 is 1.16 bits per heavy atom. The van der Waals surface area contributed by atoms with Gasteiger partial charge in [0.25, 0.3) is 0 Å². The first-order valence-electron chi connectivity index (χ1n) is 10.4. The summed E-state index contributed by atoms with van der Waals surface area (Å²) in [6.07, 6.45) is 4.00. The minimum atomic E-state index is -4.63. The summed E-state index contributed by atoms with van der Waals surface area (Å²) in [6, 6.07) is 13.1. The molecule has 0 aliphatic carbocycles. The average Bonchev–Trinajstić information content (AvgIpc) is 2.82. The van der Waals surface area contributed by atoms with Crippen molar-refractivity contribution in [1.82, 2.24) is 10.3 Å². The Labute approximate surface area is 215 Å². The number of nitrogens with one attached hydrogen (secondary N) is 2. The van der Waals surface area contributed by atoms with Gasteiger partial charge in [-0.05, 0) is 42.0 Å². The monoisotopic (exact) mass is 549 g/mol. The highest BCUT2D eigenvalue weighted by Crippen LogP contribution is 2.34. The van der Waals surface area contributed by atoms with Crippen molar-refractivity contribution in [2.45, 2.75) is 22.6 Å². The minimum absolute atomic E-state index is 0.0522. The number of pyridine rings is 1. The highest BCUT2D eigenvalue weighted by molar-refractivity contribution is 7.99. The summed E-state index contributed by atoms with van der Waals surface area (Å²) in [7, 11) is -3.77. The van der Waals surface area contributed by atoms with Gasteiger partial charge in [-0.1, -0.05) is 41.9 Å². The predicted molar refractivity (Wildman–Crippen MR) is 133 cm³/mol. The number of rotatable bonds is 8. The van der Waals surface area contributed by atoms with Crippen molar-refractivity contribution in [3.05, 3.63) is 88.9 Å². The number of halogens is 4. The van der Waals surface area contributed by atoms with Gasteiger partial charge >= 0.3 is 6.18 Å². The zero-order valence-corrected chi connectivity index (χ0v) is 20.8. The Morgan fingerprint density at radius 3 is 2.49 bits per heavy atom. The van der Waals surface area contributed by atoms with Crippen LogP contribution in [0.2, 0.25) is 0 Å². The van der Waals surface area contributed by atoms with Crippen LogP contribution in [-0.2, 0) is 27.5 Å². The molecule has 192 valence electrons. The molecule has 2 aromatic carbocycles. The van der Waals surface area contributed by atoms with Crippen LogP contribution in [0.5, 0.6) is 0 Å². The number of benzene rings is 2. The molecule has 0 saturated heterocycles. The van der Waals surface area contributed by atoms with E-state index in [1.165, 1.54) is 18.2 Å². The van der Waals surface area contributed by atoms with Crippen LogP contribution in [0.1, 0.15) is 22.4 Å². The van der Waals surface area contributed by atoms with Crippen molar-refractivity contribution < 1.29 is 30.8 Å². The fraction of sp³-hybridized carbons (Fsp3) is 0.120. The second-order valence-corrected chi connectivity index (χ2v) is 10.4. The van der Waals surface area contributed by atoms with E-state index < -0.39 is 33.6 Å². The number of aromatic nitrogens is 1. The van der Waals surface area contributed by atoms with Crippen molar-refractivity contribution in [3.8, 4) is 12.3 Å². The van der Waals surface area contributed by atoms with Gasteiger partial charge in [0, 0.05) is 23.1 Å². The second kappa shape index (κ2) is 11.5. The zero-order valence-electron chi connectivity index (χ0n) is 19.1. The number of hydrogen-bond donors (Lipinski definition) is 2. The molecule has 0 bridgehead atoms. The van der Waals surface area contributed by atoms with Crippen LogP contribution in [0.25, 0.3) is 6.08 Å². The maximum Gasteiger partial charge on any atom is 0.433 e. The lowest BCUT2D eigenvalue weighted by molar-refractivity contribution is -0.141. The standard InChI is InChI=1S/C25H19F4N3O3S2/c1-3-17-13-16(14-20(26)23(17)32-37(2,34)35)15-30-22(33)12-10-18-9-11-21(25(27,28)29)31-24(18)36-19-7-5-4-6-8-19/h1,4-14,32H,15H2,2H3,(H,30,33)/b12-10+. The summed E-state index contributed by atoms with van der Waals surface area (Å²) in [6.45, 7) is -0.148. The fourth-order valence-corrected chi connectivity index (χ4v) is 4.49. The number of alkyl halides is 3. The fourth-order valence-electron chi connectivity index (χ4n) is 3.00. The molecule has 0 atom stereocenters. The number of carbonyl (C=O) groups excluding carboxylic acids is 1. The van der Waals surface area contributed by atoms with E-state index in [2.05, 4.69) is 16.2 Å². The summed E-state index contributed by atoms with van der Waals surface area (Å²) in [5.41, 5.74) is -0.939. The largest absolute Gasteiger partial charge is 0.433 e. The Bertz CT molecular complexity index is 1480. The molecule has 3 aromatic rings. The van der Waals surface area contributed by atoms with E-state index >= 15 is 0 Å². The van der Waals surface area contributed by atoms with Crippen molar-refractivity contribution in [2.75, 3.05) is 11.0 Å². The third-order valence-corrected chi connectivity index (χ3v) is 6.21. The molecule has 0 unspecified atom stereocenters. The SMILES string of the molecule is C#Cc1cc(CNC(=O)/C=C/c2ccc(C(F)(F)F)nc2Sc2ccccc2)cc(F)c1NS(C)(=O)=O. The Hall–Kier alpha value is -3.82. The number of sulfonamides is 1. The molecule has 0 radical (unpaired) electrons. The molecule has 0 fully saturated rings. The molecular weight excluding hydrogens is 530 g/mol. The quantitative estimate of drug-likeness (QED) is 0.233. The van der Waals surface area contributed by atoms with E-state index in [1.54, 1.807) is 30.3 Å². The van der Waals surface area contributed by atoms with Crippen LogP contribution in [-0.4, -0.2) is 25.6 Å². The summed E-state index contributed by atoms with van der Waals surface area (Å²) in [4.78, 5) is 16.7. The van der Waals surface area contributed by atoms with Crippen LogP contribution in [0.15, 0.2) is 70.6 Å². The van der Waals surface area contributed by atoms with Crippen LogP contribution in [0.3, 0.4) is 0 Å². The topological polar surface area (TPSA) is 88.2 Å². The number of amides is 1. The van der Waals surface area contributed by atoms with Crippen LogP contribution < -0.4 is 10.0 Å². The average molecular weight is 550 g/mol. The Kier molecular flexibility index (Phi) is 8.62. The van der Waals surface area contributed by atoms with Gasteiger partial charge in [0.2, 0.25) is 15.9 Å². The van der Waals surface area contributed by atoms with E-state index in [-0.39, 0.29) is 33.9 Å². The van der Waals surface area contributed by atoms with Gasteiger partial charge < -0.3 is 5.32 Å². The third kappa shape index (κ3) is 8.09. The van der Waals surface area contributed by atoms with Gasteiger partial charge in [-0.2, -0.15) is 13.2 Å². The summed E-state index contributed by atoms with van der Waals surface area (Å²) < 4.78 is 78.8. The summed E-state index contributed by atoms with van der Waals surface area (Å²) in [5.74, 6) is 0.660. The Morgan fingerprint density at radius 2 is 1.86 bits per heavy atom. The summed E-state index contributed by atoms with van der Waals surface area (Å²) in [5, 5.41) is 2.57.